The highest BCUT2D eigenvalue weighted by atomic mass is 16.1. The zero-order valence-electron chi connectivity index (χ0n) is 29.7. The second-order valence-corrected chi connectivity index (χ2v) is 16.4. The van der Waals surface area contributed by atoms with E-state index < -0.39 is 0 Å². The second-order valence-electron chi connectivity index (χ2n) is 16.4. The molecular weight excluding hydrogens is 647 g/mol. The fourth-order valence-corrected chi connectivity index (χ4v) is 11.4. The number of fused-ring (bicyclic) bond motifs is 10. The van der Waals surface area contributed by atoms with Crippen molar-refractivity contribution in [2.45, 2.75) is 63.2 Å². The van der Waals surface area contributed by atoms with Gasteiger partial charge in [0.05, 0.1) is 16.6 Å². The maximum absolute atomic E-state index is 14.3. The molecule has 0 atom stereocenters. The SMILES string of the molecule is O=C1c2cc3c(cc2C2CCC1CC2)c1c(-c2ccccc2)c(-c2ccccc2)c(-c2ccccc2)c2c4cc5c(cc4n3c12)C(=O)C1CCC5CC1. The van der Waals surface area contributed by atoms with Crippen LogP contribution in [0.2, 0.25) is 0 Å². The summed E-state index contributed by atoms with van der Waals surface area (Å²) in [6.07, 6.45) is 8.27. The van der Waals surface area contributed by atoms with E-state index in [9.17, 15) is 9.59 Å². The van der Waals surface area contributed by atoms with Crippen molar-refractivity contribution in [2.24, 2.45) is 11.8 Å². The molecule has 0 aliphatic heterocycles. The van der Waals surface area contributed by atoms with Crippen molar-refractivity contribution < 1.29 is 9.59 Å². The first-order valence-corrected chi connectivity index (χ1v) is 19.8. The van der Waals surface area contributed by atoms with Crippen molar-refractivity contribution in [3.63, 3.8) is 0 Å². The summed E-state index contributed by atoms with van der Waals surface area (Å²) in [5.41, 5.74) is 14.9. The first kappa shape index (κ1) is 30.0. The Morgan fingerprint density at radius 1 is 0.415 bits per heavy atom. The van der Waals surface area contributed by atoms with Gasteiger partial charge in [0.15, 0.2) is 11.6 Å². The molecule has 6 aliphatic rings. The minimum atomic E-state index is 0.119. The molecule has 2 fully saturated rings. The first-order valence-electron chi connectivity index (χ1n) is 19.8. The molecule has 0 unspecified atom stereocenters. The fourth-order valence-electron chi connectivity index (χ4n) is 11.4. The van der Waals surface area contributed by atoms with Gasteiger partial charge in [-0.2, -0.15) is 0 Å². The second kappa shape index (κ2) is 11.0. The number of benzene rings is 6. The molecule has 2 heterocycles. The van der Waals surface area contributed by atoms with Crippen molar-refractivity contribution in [1.29, 1.82) is 0 Å². The number of ketones is 2. The van der Waals surface area contributed by atoms with Crippen LogP contribution in [0.4, 0.5) is 0 Å². The van der Waals surface area contributed by atoms with Crippen LogP contribution in [0.15, 0.2) is 115 Å². The predicted molar refractivity (Wildman–Crippen MR) is 215 cm³/mol. The lowest BCUT2D eigenvalue weighted by Crippen LogP contribution is -2.15. The average Bonchev–Trinajstić information content (AvgIpc) is 3.54. The number of rotatable bonds is 3. The first-order chi connectivity index (χ1) is 26.1. The third kappa shape index (κ3) is 4.06. The minimum Gasteiger partial charge on any atom is -0.308 e. The molecule has 0 N–H and O–H groups in total. The minimum absolute atomic E-state index is 0.119. The Morgan fingerprint density at radius 3 is 1.17 bits per heavy atom. The highest BCUT2D eigenvalue weighted by Gasteiger charge is 2.39. The van der Waals surface area contributed by atoms with Crippen molar-refractivity contribution >= 4 is 49.7 Å². The van der Waals surface area contributed by atoms with Gasteiger partial charge in [-0.3, -0.25) is 9.59 Å². The van der Waals surface area contributed by atoms with Gasteiger partial charge < -0.3 is 4.40 Å². The Morgan fingerprint density at radius 2 is 0.774 bits per heavy atom. The van der Waals surface area contributed by atoms with E-state index in [2.05, 4.69) is 120 Å². The summed E-state index contributed by atoms with van der Waals surface area (Å²) in [5, 5.41) is 4.91. The molecule has 4 bridgehead atoms. The van der Waals surface area contributed by atoms with E-state index in [-0.39, 0.29) is 11.8 Å². The molecule has 256 valence electrons. The number of hydrogen-bond acceptors (Lipinski definition) is 2. The molecule has 8 aromatic rings. The van der Waals surface area contributed by atoms with Gasteiger partial charge in [-0.15, -0.1) is 0 Å². The van der Waals surface area contributed by atoms with E-state index in [0.717, 1.165) is 73.5 Å². The standard InChI is InChI=1S/C50H39NO2/c52-49-33-20-16-28(17-21-33)35-24-39-41(26-37(35)49)51-42-27-38-36(29-18-22-34(23-19-29)50(38)53)25-40(42)47-45(32-14-8-3-9-15-32)43(30-10-4-1-5-11-30)44(46(39)48(47)51)31-12-6-2-7-13-31/h1-15,24-29,33-34H,16-23H2. The van der Waals surface area contributed by atoms with Gasteiger partial charge in [0, 0.05) is 55.6 Å². The van der Waals surface area contributed by atoms with E-state index in [1.807, 2.05) is 0 Å². The number of aromatic nitrogens is 1. The number of carbonyl (C=O) groups excluding carboxylic acids is 2. The number of Topliss-reactive ketones (excluding diaryl/α,β-unsaturated/α-hetero) is 2. The molecule has 0 saturated heterocycles. The number of carbonyl (C=O) groups is 2. The topological polar surface area (TPSA) is 38.5 Å². The molecule has 2 saturated carbocycles. The lowest BCUT2D eigenvalue weighted by Gasteiger charge is -2.23. The molecule has 0 radical (unpaired) electrons. The lowest BCUT2D eigenvalue weighted by atomic mass is 9.80. The molecule has 6 aliphatic carbocycles. The maximum Gasteiger partial charge on any atom is 0.166 e. The summed E-state index contributed by atoms with van der Waals surface area (Å²) in [5.74, 6) is 1.70. The summed E-state index contributed by atoms with van der Waals surface area (Å²) in [6, 6.07) is 42.2. The van der Waals surface area contributed by atoms with Crippen LogP contribution in [-0.4, -0.2) is 16.0 Å². The van der Waals surface area contributed by atoms with Gasteiger partial charge in [0.25, 0.3) is 0 Å². The Kier molecular flexibility index (Phi) is 6.22. The molecule has 0 amide bonds. The number of nitrogens with zero attached hydrogens (tertiary/aromatic N) is 1. The third-order valence-corrected chi connectivity index (χ3v) is 13.8. The molecule has 2 aromatic heterocycles. The van der Waals surface area contributed by atoms with Crippen molar-refractivity contribution in [3.8, 4) is 33.4 Å². The summed E-state index contributed by atoms with van der Waals surface area (Å²) in [6.45, 7) is 0. The largest absolute Gasteiger partial charge is 0.308 e. The van der Waals surface area contributed by atoms with Crippen LogP contribution in [-0.2, 0) is 0 Å². The molecule has 0 spiro atoms. The van der Waals surface area contributed by atoms with Gasteiger partial charge in [-0.05, 0) is 121 Å². The third-order valence-electron chi connectivity index (χ3n) is 13.8. The highest BCUT2D eigenvalue weighted by molar-refractivity contribution is 6.34. The highest BCUT2D eigenvalue weighted by Crippen LogP contribution is 2.56. The molecular formula is C50H39NO2. The van der Waals surface area contributed by atoms with Crippen molar-refractivity contribution in [3.05, 3.63) is 138 Å². The smallest absolute Gasteiger partial charge is 0.166 e. The van der Waals surface area contributed by atoms with Crippen LogP contribution >= 0.6 is 0 Å². The van der Waals surface area contributed by atoms with Crippen LogP contribution in [0.5, 0.6) is 0 Å². The predicted octanol–water partition coefficient (Wildman–Crippen LogP) is 12.8. The van der Waals surface area contributed by atoms with Crippen LogP contribution in [0.3, 0.4) is 0 Å². The van der Waals surface area contributed by atoms with E-state index in [0.29, 0.717) is 23.4 Å². The van der Waals surface area contributed by atoms with Crippen LogP contribution in [0.1, 0.15) is 95.0 Å². The number of hydrogen-bond donors (Lipinski definition) is 0. The van der Waals surface area contributed by atoms with E-state index in [1.54, 1.807) is 0 Å². The summed E-state index contributed by atoms with van der Waals surface area (Å²) >= 11 is 0. The van der Waals surface area contributed by atoms with Gasteiger partial charge in [0.1, 0.15) is 0 Å². The molecule has 3 nitrogen and oxygen atoms in total. The lowest BCUT2D eigenvalue weighted by molar-refractivity contribution is 0.0891. The summed E-state index contributed by atoms with van der Waals surface area (Å²) < 4.78 is 2.46. The average molecular weight is 686 g/mol. The Bertz CT molecular complexity index is 2640. The quantitative estimate of drug-likeness (QED) is 0.186. The van der Waals surface area contributed by atoms with Gasteiger partial charge >= 0.3 is 0 Å². The Hall–Kier alpha value is -5.54. The normalized spacial score (nSPS) is 22.2. The van der Waals surface area contributed by atoms with Crippen LogP contribution < -0.4 is 0 Å². The summed E-state index contributed by atoms with van der Waals surface area (Å²) in [4.78, 5) is 28.6. The molecule has 14 rings (SSSR count). The summed E-state index contributed by atoms with van der Waals surface area (Å²) in [7, 11) is 0. The van der Waals surface area contributed by atoms with Gasteiger partial charge in [-0.25, -0.2) is 0 Å². The van der Waals surface area contributed by atoms with E-state index in [1.165, 1.54) is 71.6 Å². The zero-order chi connectivity index (χ0) is 34.9. The van der Waals surface area contributed by atoms with Crippen molar-refractivity contribution in [2.75, 3.05) is 0 Å². The Balaban J connectivity index is 1.37. The Labute approximate surface area is 308 Å². The maximum atomic E-state index is 14.3. The van der Waals surface area contributed by atoms with E-state index >= 15 is 0 Å². The van der Waals surface area contributed by atoms with Crippen LogP contribution in [0, 0.1) is 11.8 Å². The molecule has 53 heavy (non-hydrogen) atoms. The molecule has 3 heteroatoms. The monoisotopic (exact) mass is 685 g/mol. The van der Waals surface area contributed by atoms with Gasteiger partial charge in [-0.1, -0.05) is 91.0 Å². The molecule has 6 aromatic carbocycles. The van der Waals surface area contributed by atoms with Crippen LogP contribution in [0.25, 0.3) is 71.5 Å². The fraction of sp³-hybridized carbons (Fsp3) is 0.240. The van der Waals surface area contributed by atoms with E-state index in [4.69, 9.17) is 0 Å². The van der Waals surface area contributed by atoms with Crippen molar-refractivity contribution in [1.82, 2.24) is 4.40 Å². The van der Waals surface area contributed by atoms with Gasteiger partial charge in [0.2, 0.25) is 0 Å². The zero-order valence-corrected chi connectivity index (χ0v) is 29.7.